The van der Waals surface area contributed by atoms with Crippen molar-refractivity contribution in [2.24, 2.45) is 0 Å². The molecule has 4 N–H and O–H groups in total. The number of nitrogens with one attached hydrogen (secondary N) is 3. The maximum Gasteiger partial charge on any atom is 0.231 e. The summed E-state index contributed by atoms with van der Waals surface area (Å²) in [7, 11) is 0. The Labute approximate surface area is 147 Å². The average molecular weight is 355 g/mol. The van der Waals surface area contributed by atoms with Gasteiger partial charge in [-0.25, -0.2) is 9.97 Å². The molecular weight excluding hydrogens is 338 g/mol. The Morgan fingerprint density at radius 3 is 2.96 bits per heavy atom. The molecule has 0 fully saturated rings. The number of nitrogens with zero attached hydrogens (tertiary/aromatic N) is 4. The van der Waals surface area contributed by atoms with Crippen LogP contribution in [-0.4, -0.2) is 42.2 Å². The second-order valence-electron chi connectivity index (χ2n) is 6.32. The molecular formula is C16H17N7OS. The number of hydrogen-bond acceptors (Lipinski definition) is 8. The molecule has 0 saturated heterocycles. The summed E-state index contributed by atoms with van der Waals surface area (Å²) in [6.07, 6.45) is 1.57. The molecule has 0 unspecified atom stereocenters. The highest BCUT2D eigenvalue weighted by Crippen LogP contribution is 2.26. The Kier molecular flexibility index (Phi) is 3.74. The van der Waals surface area contributed by atoms with Gasteiger partial charge in [0.1, 0.15) is 5.52 Å². The van der Waals surface area contributed by atoms with Crippen LogP contribution in [0.25, 0.3) is 21.4 Å². The normalized spacial score (nSPS) is 12.0. The number of imidazole rings is 1. The van der Waals surface area contributed by atoms with E-state index in [0.29, 0.717) is 22.9 Å². The van der Waals surface area contributed by atoms with Gasteiger partial charge in [0.05, 0.1) is 34.2 Å². The van der Waals surface area contributed by atoms with Crippen LogP contribution in [0.2, 0.25) is 0 Å². The van der Waals surface area contributed by atoms with Crippen molar-refractivity contribution >= 4 is 50.2 Å². The highest BCUT2D eigenvalue weighted by atomic mass is 32.1. The van der Waals surface area contributed by atoms with Gasteiger partial charge in [-0.2, -0.15) is 9.97 Å². The number of aromatic amines is 1. The number of aliphatic hydroxyl groups excluding tert-OH is 1. The molecule has 4 rings (SSSR count). The third-order valence-electron chi connectivity index (χ3n) is 3.73. The molecule has 0 amide bonds. The van der Waals surface area contributed by atoms with Crippen LogP contribution >= 0.6 is 11.3 Å². The molecule has 0 saturated carbocycles. The number of rotatable bonds is 5. The number of thiazole rings is 1. The van der Waals surface area contributed by atoms with E-state index in [0.717, 1.165) is 15.9 Å². The lowest BCUT2D eigenvalue weighted by molar-refractivity contribution is 0.234. The molecule has 8 nitrogen and oxygen atoms in total. The lowest BCUT2D eigenvalue weighted by atomic mass is 10.1. The van der Waals surface area contributed by atoms with Gasteiger partial charge in [0.15, 0.2) is 11.5 Å². The number of hydrogen-bond donors (Lipinski definition) is 4. The lowest BCUT2D eigenvalue weighted by Gasteiger charge is -2.24. The van der Waals surface area contributed by atoms with Crippen LogP contribution in [0, 0.1) is 0 Å². The van der Waals surface area contributed by atoms with Gasteiger partial charge in [0, 0.05) is 5.69 Å². The maximum atomic E-state index is 9.51. The van der Waals surface area contributed by atoms with Gasteiger partial charge in [-0.3, -0.25) is 0 Å². The van der Waals surface area contributed by atoms with Crippen LogP contribution in [0.3, 0.4) is 0 Å². The zero-order valence-corrected chi connectivity index (χ0v) is 14.6. The second kappa shape index (κ2) is 5.94. The van der Waals surface area contributed by atoms with Gasteiger partial charge in [-0.05, 0) is 32.0 Å². The largest absolute Gasteiger partial charge is 0.394 e. The van der Waals surface area contributed by atoms with Crippen molar-refractivity contribution in [2.75, 3.05) is 17.2 Å². The predicted molar refractivity (Wildman–Crippen MR) is 99.4 cm³/mol. The topological polar surface area (TPSA) is 112 Å². The van der Waals surface area contributed by atoms with E-state index in [9.17, 15) is 5.11 Å². The fraction of sp³-hybridized carbons (Fsp3) is 0.250. The van der Waals surface area contributed by atoms with Crippen molar-refractivity contribution in [3.05, 3.63) is 30.0 Å². The Morgan fingerprint density at radius 1 is 1.24 bits per heavy atom. The highest BCUT2D eigenvalue weighted by Gasteiger charge is 2.20. The zero-order valence-electron chi connectivity index (χ0n) is 13.7. The second-order valence-corrected chi connectivity index (χ2v) is 7.21. The Hall–Kier alpha value is -2.78. The molecule has 3 aromatic heterocycles. The van der Waals surface area contributed by atoms with E-state index in [4.69, 9.17) is 0 Å². The molecule has 0 radical (unpaired) electrons. The van der Waals surface area contributed by atoms with Crippen molar-refractivity contribution in [1.82, 2.24) is 24.9 Å². The van der Waals surface area contributed by atoms with Crippen LogP contribution < -0.4 is 10.6 Å². The maximum absolute atomic E-state index is 9.51. The molecule has 0 spiro atoms. The molecule has 0 atom stereocenters. The summed E-state index contributed by atoms with van der Waals surface area (Å²) in [6.45, 7) is 3.75. The Morgan fingerprint density at radius 2 is 2.12 bits per heavy atom. The van der Waals surface area contributed by atoms with Gasteiger partial charge < -0.3 is 20.7 Å². The molecule has 25 heavy (non-hydrogen) atoms. The monoisotopic (exact) mass is 355 g/mol. The van der Waals surface area contributed by atoms with E-state index in [2.05, 4.69) is 35.6 Å². The summed E-state index contributed by atoms with van der Waals surface area (Å²) < 4.78 is 1.09. The van der Waals surface area contributed by atoms with Crippen LogP contribution in [0.5, 0.6) is 0 Å². The molecule has 4 aromatic rings. The molecule has 3 heterocycles. The fourth-order valence-corrected chi connectivity index (χ4v) is 3.12. The molecule has 0 bridgehead atoms. The standard InChI is InChI=1S/C16H17N7OS/c1-16(2,6-24)23-14-12-13(18-7-17-12)21-15(22-14)20-9-3-4-10-11(5-9)25-8-19-10/h3-5,7-8,24H,6H2,1-2H3,(H3,17,18,20,21,22,23). The third-order valence-corrected chi connectivity index (χ3v) is 4.52. The first-order chi connectivity index (χ1) is 12.0. The summed E-state index contributed by atoms with van der Waals surface area (Å²) in [6, 6.07) is 5.90. The van der Waals surface area contributed by atoms with Crippen LogP contribution in [0.1, 0.15) is 13.8 Å². The van der Waals surface area contributed by atoms with Crippen molar-refractivity contribution in [3.63, 3.8) is 0 Å². The summed E-state index contributed by atoms with van der Waals surface area (Å²) >= 11 is 1.58. The molecule has 0 aliphatic carbocycles. The SMILES string of the molecule is CC(C)(CO)Nc1nc(Nc2ccc3ncsc3c2)nc2nc[nH]c12. The number of fused-ring (bicyclic) bond motifs is 2. The number of benzene rings is 1. The Bertz CT molecular complexity index is 1040. The first kappa shape index (κ1) is 15.7. The van der Waals surface area contributed by atoms with Crippen molar-refractivity contribution in [2.45, 2.75) is 19.4 Å². The summed E-state index contributed by atoms with van der Waals surface area (Å²) in [5, 5.41) is 16.0. The molecule has 128 valence electrons. The smallest absolute Gasteiger partial charge is 0.231 e. The van der Waals surface area contributed by atoms with Crippen LogP contribution in [0.4, 0.5) is 17.5 Å². The molecule has 1 aromatic carbocycles. The number of aliphatic hydroxyl groups is 1. The highest BCUT2D eigenvalue weighted by molar-refractivity contribution is 7.16. The quantitative estimate of drug-likeness (QED) is 0.435. The summed E-state index contributed by atoms with van der Waals surface area (Å²) in [4.78, 5) is 20.5. The van der Waals surface area contributed by atoms with Crippen molar-refractivity contribution in [1.29, 1.82) is 0 Å². The minimum absolute atomic E-state index is 0.0303. The minimum atomic E-state index is -0.523. The van der Waals surface area contributed by atoms with Gasteiger partial charge in [0.25, 0.3) is 0 Å². The van der Waals surface area contributed by atoms with Gasteiger partial charge in [0.2, 0.25) is 5.95 Å². The van der Waals surface area contributed by atoms with E-state index in [-0.39, 0.29) is 6.61 Å². The fourth-order valence-electron chi connectivity index (χ4n) is 2.40. The molecule has 0 aliphatic heterocycles. The van der Waals surface area contributed by atoms with Crippen LogP contribution in [0.15, 0.2) is 30.0 Å². The van der Waals surface area contributed by atoms with E-state index in [1.165, 1.54) is 0 Å². The van der Waals surface area contributed by atoms with Crippen LogP contribution in [-0.2, 0) is 0 Å². The summed E-state index contributed by atoms with van der Waals surface area (Å²) in [5.74, 6) is 1.02. The molecule has 9 heteroatoms. The predicted octanol–water partition coefficient (Wildman–Crippen LogP) is 2.89. The number of aromatic nitrogens is 5. The van der Waals surface area contributed by atoms with E-state index >= 15 is 0 Å². The van der Waals surface area contributed by atoms with Gasteiger partial charge >= 0.3 is 0 Å². The van der Waals surface area contributed by atoms with E-state index in [1.807, 2.05) is 37.6 Å². The third kappa shape index (κ3) is 3.11. The lowest BCUT2D eigenvalue weighted by Crippen LogP contribution is -2.35. The van der Waals surface area contributed by atoms with Crippen molar-refractivity contribution < 1.29 is 5.11 Å². The van der Waals surface area contributed by atoms with Crippen molar-refractivity contribution in [3.8, 4) is 0 Å². The van der Waals surface area contributed by atoms with E-state index < -0.39 is 5.54 Å². The minimum Gasteiger partial charge on any atom is -0.394 e. The first-order valence-corrected chi connectivity index (χ1v) is 8.62. The zero-order chi connectivity index (χ0) is 17.4. The summed E-state index contributed by atoms with van der Waals surface area (Å²) in [5.41, 5.74) is 4.38. The van der Waals surface area contributed by atoms with Gasteiger partial charge in [-0.15, -0.1) is 11.3 Å². The Balaban J connectivity index is 1.71. The number of anilines is 3. The number of H-pyrrole nitrogens is 1. The first-order valence-electron chi connectivity index (χ1n) is 7.74. The average Bonchev–Trinajstić information content (AvgIpc) is 3.23. The van der Waals surface area contributed by atoms with Gasteiger partial charge in [-0.1, -0.05) is 0 Å². The molecule has 0 aliphatic rings. The van der Waals surface area contributed by atoms with E-state index in [1.54, 1.807) is 17.7 Å².